The standard InChI is InChI=1S/C15H17N3O3/c1-3-21-14(20)13-9-17-15(18-10(13)2)16-8-11-4-6-12(19)7-5-11/h4-7,9,19H,3,8H2,1-2H3,(H,16,17,18). The SMILES string of the molecule is CCOC(=O)c1cnc(NCc2ccc(O)cc2)nc1C. The van der Waals surface area contributed by atoms with Crippen molar-refractivity contribution in [3.63, 3.8) is 0 Å². The van der Waals surface area contributed by atoms with Crippen LogP contribution in [0.1, 0.15) is 28.5 Å². The van der Waals surface area contributed by atoms with Crippen LogP contribution < -0.4 is 5.32 Å². The summed E-state index contributed by atoms with van der Waals surface area (Å²) in [7, 11) is 0. The number of nitrogens with one attached hydrogen (secondary N) is 1. The maximum atomic E-state index is 11.6. The summed E-state index contributed by atoms with van der Waals surface area (Å²) < 4.78 is 4.93. The van der Waals surface area contributed by atoms with Crippen molar-refractivity contribution in [3.8, 4) is 5.75 Å². The van der Waals surface area contributed by atoms with Gasteiger partial charge < -0.3 is 15.2 Å². The lowest BCUT2D eigenvalue weighted by atomic mass is 10.2. The number of aryl methyl sites for hydroxylation is 1. The zero-order valence-corrected chi connectivity index (χ0v) is 12.0. The third kappa shape index (κ3) is 3.92. The molecule has 1 aromatic heterocycles. The number of rotatable bonds is 5. The predicted octanol–water partition coefficient (Wildman–Crippen LogP) is 2.28. The first kappa shape index (κ1) is 14.8. The number of ether oxygens (including phenoxy) is 1. The van der Waals surface area contributed by atoms with Crippen LogP contribution >= 0.6 is 0 Å². The van der Waals surface area contributed by atoms with Gasteiger partial charge in [0.1, 0.15) is 5.75 Å². The maximum absolute atomic E-state index is 11.6. The molecule has 6 nitrogen and oxygen atoms in total. The number of hydrogen-bond acceptors (Lipinski definition) is 6. The molecular formula is C15H17N3O3. The second kappa shape index (κ2) is 6.69. The molecule has 2 aromatic rings. The van der Waals surface area contributed by atoms with Gasteiger partial charge in [0, 0.05) is 12.7 Å². The highest BCUT2D eigenvalue weighted by atomic mass is 16.5. The van der Waals surface area contributed by atoms with Crippen LogP contribution in [0.25, 0.3) is 0 Å². The summed E-state index contributed by atoms with van der Waals surface area (Å²) in [5.74, 6) is 0.248. The van der Waals surface area contributed by atoms with Crippen molar-refractivity contribution in [3.05, 3.63) is 47.3 Å². The fraction of sp³-hybridized carbons (Fsp3) is 0.267. The van der Waals surface area contributed by atoms with E-state index in [9.17, 15) is 9.90 Å². The normalized spacial score (nSPS) is 10.2. The molecule has 0 unspecified atom stereocenters. The zero-order valence-electron chi connectivity index (χ0n) is 12.0. The molecule has 110 valence electrons. The van der Waals surface area contributed by atoms with E-state index in [0.717, 1.165) is 5.56 Å². The van der Waals surface area contributed by atoms with Crippen molar-refractivity contribution in [2.75, 3.05) is 11.9 Å². The molecule has 0 aliphatic carbocycles. The predicted molar refractivity (Wildman–Crippen MR) is 78.2 cm³/mol. The fourth-order valence-electron chi connectivity index (χ4n) is 1.76. The maximum Gasteiger partial charge on any atom is 0.341 e. The van der Waals surface area contributed by atoms with E-state index in [0.29, 0.717) is 30.4 Å². The minimum Gasteiger partial charge on any atom is -0.508 e. The molecule has 0 spiro atoms. The van der Waals surface area contributed by atoms with E-state index >= 15 is 0 Å². The van der Waals surface area contributed by atoms with Crippen LogP contribution in [0.15, 0.2) is 30.5 Å². The summed E-state index contributed by atoms with van der Waals surface area (Å²) in [5, 5.41) is 12.3. The number of aromatic hydroxyl groups is 1. The molecule has 1 heterocycles. The molecule has 1 aromatic carbocycles. The van der Waals surface area contributed by atoms with Gasteiger partial charge in [-0.1, -0.05) is 12.1 Å². The van der Waals surface area contributed by atoms with Crippen molar-refractivity contribution < 1.29 is 14.6 Å². The number of aromatic nitrogens is 2. The summed E-state index contributed by atoms with van der Waals surface area (Å²) in [6, 6.07) is 6.85. The molecule has 0 bridgehead atoms. The quantitative estimate of drug-likeness (QED) is 0.821. The van der Waals surface area contributed by atoms with Gasteiger partial charge in [-0.2, -0.15) is 0 Å². The number of phenolic OH excluding ortho intramolecular Hbond substituents is 1. The third-order valence-electron chi connectivity index (χ3n) is 2.86. The minimum absolute atomic E-state index is 0.227. The number of benzene rings is 1. The Morgan fingerprint density at radius 2 is 2.05 bits per heavy atom. The number of anilines is 1. The first-order chi connectivity index (χ1) is 10.1. The van der Waals surface area contributed by atoms with Crippen molar-refractivity contribution in [2.45, 2.75) is 20.4 Å². The summed E-state index contributed by atoms with van der Waals surface area (Å²) in [4.78, 5) is 20.0. The summed E-state index contributed by atoms with van der Waals surface area (Å²) in [5.41, 5.74) is 1.92. The Bertz CT molecular complexity index is 627. The highest BCUT2D eigenvalue weighted by molar-refractivity contribution is 5.90. The largest absolute Gasteiger partial charge is 0.508 e. The number of carbonyl (C=O) groups excluding carboxylic acids is 1. The van der Waals surface area contributed by atoms with Crippen LogP contribution in [0.5, 0.6) is 5.75 Å². The topological polar surface area (TPSA) is 84.3 Å². The van der Waals surface area contributed by atoms with Gasteiger partial charge in [0.25, 0.3) is 0 Å². The minimum atomic E-state index is -0.417. The average Bonchev–Trinajstić information content (AvgIpc) is 2.47. The van der Waals surface area contributed by atoms with Gasteiger partial charge >= 0.3 is 5.97 Å². The van der Waals surface area contributed by atoms with Gasteiger partial charge in [-0.15, -0.1) is 0 Å². The smallest absolute Gasteiger partial charge is 0.341 e. The molecule has 0 atom stereocenters. The average molecular weight is 287 g/mol. The van der Waals surface area contributed by atoms with Crippen molar-refractivity contribution in [1.82, 2.24) is 9.97 Å². The lowest BCUT2D eigenvalue weighted by Crippen LogP contribution is -2.11. The summed E-state index contributed by atoms with van der Waals surface area (Å²) in [6.07, 6.45) is 1.46. The number of phenols is 1. The fourth-order valence-corrected chi connectivity index (χ4v) is 1.76. The number of carbonyl (C=O) groups is 1. The lowest BCUT2D eigenvalue weighted by Gasteiger charge is -2.08. The van der Waals surface area contributed by atoms with Gasteiger partial charge in [0.05, 0.1) is 17.9 Å². The molecule has 0 amide bonds. The Morgan fingerprint density at radius 3 is 2.67 bits per heavy atom. The van der Waals surface area contributed by atoms with Crippen molar-refractivity contribution in [1.29, 1.82) is 0 Å². The van der Waals surface area contributed by atoms with E-state index in [2.05, 4.69) is 15.3 Å². The molecular weight excluding hydrogens is 270 g/mol. The van der Waals surface area contributed by atoms with Gasteiger partial charge in [0.15, 0.2) is 0 Å². The van der Waals surface area contributed by atoms with Crippen LogP contribution in [0.3, 0.4) is 0 Å². The monoisotopic (exact) mass is 287 g/mol. The Balaban J connectivity index is 2.03. The Hall–Kier alpha value is -2.63. The second-order valence-electron chi connectivity index (χ2n) is 4.43. The number of hydrogen-bond donors (Lipinski definition) is 2. The molecule has 0 radical (unpaired) electrons. The highest BCUT2D eigenvalue weighted by Crippen LogP contribution is 2.12. The third-order valence-corrected chi connectivity index (χ3v) is 2.86. The molecule has 2 rings (SSSR count). The number of nitrogens with zero attached hydrogens (tertiary/aromatic N) is 2. The summed E-state index contributed by atoms with van der Waals surface area (Å²) >= 11 is 0. The Kier molecular flexibility index (Phi) is 4.71. The summed E-state index contributed by atoms with van der Waals surface area (Å²) in [6.45, 7) is 4.33. The van der Waals surface area contributed by atoms with Crippen LogP contribution in [-0.4, -0.2) is 27.7 Å². The van der Waals surface area contributed by atoms with E-state index in [1.54, 1.807) is 26.0 Å². The Labute approximate surface area is 122 Å². The second-order valence-corrected chi connectivity index (χ2v) is 4.43. The van der Waals surface area contributed by atoms with Crippen LogP contribution in [-0.2, 0) is 11.3 Å². The lowest BCUT2D eigenvalue weighted by molar-refractivity contribution is 0.0524. The highest BCUT2D eigenvalue weighted by Gasteiger charge is 2.12. The van der Waals surface area contributed by atoms with Gasteiger partial charge in [-0.05, 0) is 31.5 Å². The van der Waals surface area contributed by atoms with Crippen molar-refractivity contribution in [2.24, 2.45) is 0 Å². The van der Waals surface area contributed by atoms with Crippen LogP contribution in [0.4, 0.5) is 5.95 Å². The van der Waals surface area contributed by atoms with E-state index in [1.807, 2.05) is 12.1 Å². The van der Waals surface area contributed by atoms with E-state index in [4.69, 9.17) is 4.74 Å². The first-order valence-corrected chi connectivity index (χ1v) is 6.62. The van der Waals surface area contributed by atoms with E-state index in [-0.39, 0.29) is 5.75 Å². The molecule has 0 aliphatic rings. The van der Waals surface area contributed by atoms with Gasteiger partial charge in [-0.25, -0.2) is 14.8 Å². The van der Waals surface area contributed by atoms with Crippen molar-refractivity contribution >= 4 is 11.9 Å². The first-order valence-electron chi connectivity index (χ1n) is 6.62. The molecule has 0 fully saturated rings. The zero-order chi connectivity index (χ0) is 15.2. The molecule has 2 N–H and O–H groups in total. The van der Waals surface area contributed by atoms with E-state index < -0.39 is 5.97 Å². The van der Waals surface area contributed by atoms with Gasteiger partial charge in [-0.3, -0.25) is 0 Å². The van der Waals surface area contributed by atoms with Crippen LogP contribution in [0, 0.1) is 6.92 Å². The molecule has 21 heavy (non-hydrogen) atoms. The van der Waals surface area contributed by atoms with Crippen LogP contribution in [0.2, 0.25) is 0 Å². The van der Waals surface area contributed by atoms with E-state index in [1.165, 1.54) is 6.20 Å². The molecule has 0 aliphatic heterocycles. The molecule has 0 saturated heterocycles. The van der Waals surface area contributed by atoms with Gasteiger partial charge in [0.2, 0.25) is 5.95 Å². The molecule has 6 heteroatoms. The Morgan fingerprint density at radius 1 is 1.33 bits per heavy atom. The number of esters is 1. The molecule has 0 saturated carbocycles.